The molecule has 5 nitrogen and oxygen atoms in total. The number of morpholine rings is 1. The van der Waals surface area contributed by atoms with Gasteiger partial charge in [0, 0.05) is 36.6 Å². The standard InChI is InChI=1S/C16H21N3O2/c1-12-16(13(2)21-18-12)11-17-14-3-5-15(6-4-14)19-7-9-20-10-8-19/h3-6,17H,7-11H2,1-2H3. The van der Waals surface area contributed by atoms with Crippen LogP contribution in [-0.2, 0) is 11.3 Å². The van der Waals surface area contributed by atoms with Gasteiger partial charge in [-0.1, -0.05) is 5.16 Å². The first-order valence-corrected chi connectivity index (χ1v) is 7.32. The summed E-state index contributed by atoms with van der Waals surface area (Å²) in [6.07, 6.45) is 0. The number of ether oxygens (including phenoxy) is 1. The Morgan fingerprint density at radius 2 is 1.86 bits per heavy atom. The van der Waals surface area contributed by atoms with Crippen LogP contribution >= 0.6 is 0 Å². The average Bonchev–Trinajstić information content (AvgIpc) is 2.85. The number of benzene rings is 1. The lowest BCUT2D eigenvalue weighted by molar-refractivity contribution is 0.122. The minimum Gasteiger partial charge on any atom is -0.381 e. The maximum atomic E-state index is 5.38. The number of nitrogens with zero attached hydrogens (tertiary/aromatic N) is 2. The number of hydrogen-bond donors (Lipinski definition) is 1. The van der Waals surface area contributed by atoms with Gasteiger partial charge in [-0.05, 0) is 38.1 Å². The number of rotatable bonds is 4. The molecule has 0 amide bonds. The Morgan fingerprint density at radius 1 is 1.14 bits per heavy atom. The molecule has 112 valence electrons. The molecule has 1 fully saturated rings. The molecule has 2 aromatic rings. The van der Waals surface area contributed by atoms with Crippen molar-refractivity contribution in [2.24, 2.45) is 0 Å². The van der Waals surface area contributed by atoms with Gasteiger partial charge >= 0.3 is 0 Å². The smallest absolute Gasteiger partial charge is 0.138 e. The topological polar surface area (TPSA) is 50.5 Å². The molecule has 0 aliphatic carbocycles. The Kier molecular flexibility index (Phi) is 4.10. The van der Waals surface area contributed by atoms with Gasteiger partial charge in [-0.3, -0.25) is 0 Å². The quantitative estimate of drug-likeness (QED) is 0.937. The van der Waals surface area contributed by atoms with Gasteiger partial charge in [0.1, 0.15) is 5.76 Å². The first kappa shape index (κ1) is 13.9. The van der Waals surface area contributed by atoms with Crippen molar-refractivity contribution >= 4 is 11.4 Å². The van der Waals surface area contributed by atoms with Crippen molar-refractivity contribution in [3.05, 3.63) is 41.3 Å². The molecule has 0 bridgehead atoms. The van der Waals surface area contributed by atoms with Gasteiger partial charge in [0.15, 0.2) is 0 Å². The second kappa shape index (κ2) is 6.18. The van der Waals surface area contributed by atoms with Crippen molar-refractivity contribution in [2.75, 3.05) is 36.5 Å². The molecule has 5 heteroatoms. The molecule has 1 saturated heterocycles. The number of nitrogens with one attached hydrogen (secondary N) is 1. The van der Waals surface area contributed by atoms with E-state index in [2.05, 4.69) is 39.6 Å². The van der Waals surface area contributed by atoms with E-state index in [9.17, 15) is 0 Å². The molecule has 1 aromatic carbocycles. The molecular weight excluding hydrogens is 266 g/mol. The summed E-state index contributed by atoms with van der Waals surface area (Å²) in [6.45, 7) is 8.20. The zero-order chi connectivity index (χ0) is 14.7. The highest BCUT2D eigenvalue weighted by atomic mass is 16.5. The van der Waals surface area contributed by atoms with Crippen molar-refractivity contribution < 1.29 is 9.26 Å². The largest absolute Gasteiger partial charge is 0.381 e. The Hall–Kier alpha value is -2.01. The Morgan fingerprint density at radius 3 is 2.48 bits per heavy atom. The third-order valence-corrected chi connectivity index (χ3v) is 3.89. The van der Waals surface area contributed by atoms with Crippen molar-refractivity contribution in [1.29, 1.82) is 0 Å². The highest BCUT2D eigenvalue weighted by Crippen LogP contribution is 2.20. The number of anilines is 2. The second-order valence-corrected chi connectivity index (χ2v) is 5.30. The lowest BCUT2D eigenvalue weighted by Crippen LogP contribution is -2.36. The van der Waals surface area contributed by atoms with Crippen LogP contribution in [0.4, 0.5) is 11.4 Å². The van der Waals surface area contributed by atoms with Gasteiger partial charge in [0.25, 0.3) is 0 Å². The van der Waals surface area contributed by atoms with Crippen LogP contribution in [0.3, 0.4) is 0 Å². The molecular formula is C16H21N3O2. The lowest BCUT2D eigenvalue weighted by Gasteiger charge is -2.28. The lowest BCUT2D eigenvalue weighted by atomic mass is 10.2. The average molecular weight is 287 g/mol. The fourth-order valence-corrected chi connectivity index (χ4v) is 2.56. The highest BCUT2D eigenvalue weighted by Gasteiger charge is 2.11. The Balaban J connectivity index is 1.62. The van der Waals surface area contributed by atoms with Crippen LogP contribution in [-0.4, -0.2) is 31.5 Å². The van der Waals surface area contributed by atoms with E-state index in [0.717, 1.165) is 55.6 Å². The molecule has 1 aliphatic rings. The summed E-state index contributed by atoms with van der Waals surface area (Å²) in [7, 11) is 0. The second-order valence-electron chi connectivity index (χ2n) is 5.30. The van der Waals surface area contributed by atoms with Gasteiger partial charge in [0.05, 0.1) is 18.9 Å². The Bertz CT molecular complexity index is 567. The van der Waals surface area contributed by atoms with Crippen molar-refractivity contribution in [3.63, 3.8) is 0 Å². The molecule has 0 unspecified atom stereocenters. The van der Waals surface area contributed by atoms with Gasteiger partial charge in [-0.2, -0.15) is 0 Å². The maximum absolute atomic E-state index is 5.38. The summed E-state index contributed by atoms with van der Waals surface area (Å²) < 4.78 is 10.6. The molecule has 2 heterocycles. The molecule has 1 N–H and O–H groups in total. The summed E-state index contributed by atoms with van der Waals surface area (Å²) in [5, 5.41) is 7.39. The summed E-state index contributed by atoms with van der Waals surface area (Å²) >= 11 is 0. The summed E-state index contributed by atoms with van der Waals surface area (Å²) in [4.78, 5) is 2.35. The molecule has 0 spiro atoms. The van der Waals surface area contributed by atoms with Gasteiger partial charge in [0.2, 0.25) is 0 Å². The molecule has 0 saturated carbocycles. The summed E-state index contributed by atoms with van der Waals surface area (Å²) in [5.41, 5.74) is 4.44. The number of hydrogen-bond acceptors (Lipinski definition) is 5. The van der Waals surface area contributed by atoms with Crippen LogP contribution in [0.2, 0.25) is 0 Å². The number of aromatic nitrogens is 1. The van der Waals surface area contributed by atoms with Crippen LogP contribution in [0.1, 0.15) is 17.0 Å². The molecule has 3 rings (SSSR count). The minimum atomic E-state index is 0.734. The van der Waals surface area contributed by atoms with E-state index in [1.807, 2.05) is 13.8 Å². The van der Waals surface area contributed by atoms with Gasteiger partial charge in [-0.15, -0.1) is 0 Å². The fourth-order valence-electron chi connectivity index (χ4n) is 2.56. The molecule has 0 radical (unpaired) electrons. The van der Waals surface area contributed by atoms with Crippen molar-refractivity contribution in [3.8, 4) is 0 Å². The molecule has 21 heavy (non-hydrogen) atoms. The first-order chi connectivity index (χ1) is 10.2. The van der Waals surface area contributed by atoms with E-state index < -0.39 is 0 Å². The predicted octanol–water partition coefficient (Wildman–Crippen LogP) is 2.74. The van der Waals surface area contributed by atoms with Crippen LogP contribution in [0.5, 0.6) is 0 Å². The van der Waals surface area contributed by atoms with E-state index in [1.165, 1.54) is 5.69 Å². The first-order valence-electron chi connectivity index (χ1n) is 7.32. The van der Waals surface area contributed by atoms with Crippen molar-refractivity contribution in [1.82, 2.24) is 5.16 Å². The van der Waals surface area contributed by atoms with E-state index in [1.54, 1.807) is 0 Å². The van der Waals surface area contributed by atoms with Crippen molar-refractivity contribution in [2.45, 2.75) is 20.4 Å². The predicted molar refractivity (Wildman–Crippen MR) is 82.8 cm³/mol. The van der Waals surface area contributed by atoms with Crippen LogP contribution in [0, 0.1) is 13.8 Å². The zero-order valence-corrected chi connectivity index (χ0v) is 12.6. The van der Waals surface area contributed by atoms with Crippen LogP contribution < -0.4 is 10.2 Å². The summed E-state index contributed by atoms with van der Waals surface area (Å²) in [5.74, 6) is 0.880. The molecule has 1 aliphatic heterocycles. The van der Waals surface area contributed by atoms with E-state index in [4.69, 9.17) is 9.26 Å². The Labute approximate surface area is 124 Å². The number of aryl methyl sites for hydroxylation is 2. The normalized spacial score (nSPS) is 15.2. The molecule has 1 aromatic heterocycles. The van der Waals surface area contributed by atoms with Gasteiger partial charge in [-0.25, -0.2) is 0 Å². The van der Waals surface area contributed by atoms with Gasteiger partial charge < -0.3 is 19.5 Å². The zero-order valence-electron chi connectivity index (χ0n) is 12.6. The monoisotopic (exact) mass is 287 g/mol. The van der Waals surface area contributed by atoms with Crippen LogP contribution in [0.25, 0.3) is 0 Å². The molecule has 0 atom stereocenters. The van der Waals surface area contributed by atoms with Crippen LogP contribution in [0.15, 0.2) is 28.8 Å². The summed E-state index contributed by atoms with van der Waals surface area (Å²) in [6, 6.07) is 8.54. The maximum Gasteiger partial charge on any atom is 0.138 e. The third-order valence-electron chi connectivity index (χ3n) is 3.89. The van der Waals surface area contributed by atoms with E-state index >= 15 is 0 Å². The van der Waals surface area contributed by atoms with E-state index in [-0.39, 0.29) is 0 Å². The fraction of sp³-hybridized carbons (Fsp3) is 0.438. The van der Waals surface area contributed by atoms with E-state index in [0.29, 0.717) is 0 Å². The highest BCUT2D eigenvalue weighted by molar-refractivity contribution is 5.55. The third kappa shape index (κ3) is 3.19. The SMILES string of the molecule is Cc1noc(C)c1CNc1ccc(N2CCOCC2)cc1. The minimum absolute atomic E-state index is 0.734.